The number of benzene rings is 1. The minimum absolute atomic E-state index is 0.0942. The predicted molar refractivity (Wildman–Crippen MR) is 135 cm³/mol. The normalized spacial score (nSPS) is 20.9. The summed E-state index contributed by atoms with van der Waals surface area (Å²) in [5.41, 5.74) is 0.974. The predicted octanol–water partition coefficient (Wildman–Crippen LogP) is 3.81. The highest BCUT2D eigenvalue weighted by molar-refractivity contribution is 5.98. The monoisotopic (exact) mass is 485 g/mol. The van der Waals surface area contributed by atoms with Crippen molar-refractivity contribution in [3.05, 3.63) is 30.0 Å². The average Bonchev–Trinajstić information content (AvgIpc) is 3.39. The molecule has 35 heavy (non-hydrogen) atoms. The van der Waals surface area contributed by atoms with Gasteiger partial charge in [0.1, 0.15) is 29.3 Å². The lowest BCUT2D eigenvalue weighted by atomic mass is 10.0. The van der Waals surface area contributed by atoms with Gasteiger partial charge >= 0.3 is 0 Å². The molecule has 1 amide bonds. The van der Waals surface area contributed by atoms with Crippen molar-refractivity contribution in [1.29, 1.82) is 0 Å². The summed E-state index contributed by atoms with van der Waals surface area (Å²) >= 11 is 0. The number of carbonyl (C=O) groups excluding carboxylic acids is 1. The van der Waals surface area contributed by atoms with E-state index in [1.54, 1.807) is 13.2 Å². The molecule has 0 saturated carbocycles. The molecule has 0 spiro atoms. The van der Waals surface area contributed by atoms with Crippen molar-refractivity contribution in [2.45, 2.75) is 64.1 Å². The molecule has 2 aromatic rings. The van der Waals surface area contributed by atoms with E-state index in [4.69, 9.17) is 23.9 Å². The summed E-state index contributed by atoms with van der Waals surface area (Å²) in [5, 5.41) is 4.03. The molecule has 0 bridgehead atoms. The first kappa shape index (κ1) is 25.7. The first-order valence-corrected chi connectivity index (χ1v) is 12.9. The van der Waals surface area contributed by atoms with E-state index in [1.165, 1.54) is 0 Å². The third-order valence-corrected chi connectivity index (χ3v) is 6.71. The number of carbonyl (C=O) groups is 1. The molecule has 8 nitrogen and oxygen atoms in total. The molecule has 1 aromatic heterocycles. The Morgan fingerprint density at radius 1 is 1.20 bits per heavy atom. The fourth-order valence-electron chi connectivity index (χ4n) is 4.74. The molecule has 3 heterocycles. The number of amides is 1. The van der Waals surface area contributed by atoms with Gasteiger partial charge in [-0.15, -0.1) is 0 Å². The van der Waals surface area contributed by atoms with Gasteiger partial charge in [0, 0.05) is 56.8 Å². The summed E-state index contributed by atoms with van der Waals surface area (Å²) in [4.78, 5) is 20.5. The van der Waals surface area contributed by atoms with Crippen LogP contribution in [0.3, 0.4) is 0 Å². The van der Waals surface area contributed by atoms with E-state index in [-0.39, 0.29) is 18.1 Å². The van der Waals surface area contributed by atoms with E-state index in [0.29, 0.717) is 48.6 Å². The smallest absolute Gasteiger partial charge is 0.270 e. The topological polar surface area (TPSA) is 82.2 Å². The number of fused-ring (bicyclic) bond motifs is 1. The van der Waals surface area contributed by atoms with Gasteiger partial charge in [-0.2, -0.15) is 0 Å². The van der Waals surface area contributed by atoms with Gasteiger partial charge in [-0.25, -0.2) is 4.98 Å². The maximum atomic E-state index is 13.3. The average molecular weight is 486 g/mol. The highest BCUT2D eigenvalue weighted by Gasteiger charge is 2.25. The molecule has 4 rings (SSSR count). The van der Waals surface area contributed by atoms with Crippen molar-refractivity contribution >= 4 is 16.8 Å². The van der Waals surface area contributed by atoms with Crippen molar-refractivity contribution < 1.29 is 23.7 Å². The molecule has 2 atom stereocenters. The van der Waals surface area contributed by atoms with Crippen LogP contribution in [-0.2, 0) is 9.47 Å². The molecule has 1 N–H and O–H groups in total. The number of nitrogens with one attached hydrogen (secondary N) is 1. The number of hydrogen-bond acceptors (Lipinski definition) is 7. The minimum atomic E-state index is -0.182. The molecular formula is C27H39N3O5. The number of nitrogens with zero attached hydrogens (tertiary/aromatic N) is 2. The van der Waals surface area contributed by atoms with Crippen LogP contribution in [0, 0.1) is 0 Å². The number of pyridine rings is 1. The van der Waals surface area contributed by atoms with E-state index in [1.807, 2.05) is 18.2 Å². The second kappa shape index (κ2) is 12.5. The maximum absolute atomic E-state index is 13.3. The number of hydrogen-bond donors (Lipinski definition) is 1. The molecule has 1 aromatic carbocycles. The summed E-state index contributed by atoms with van der Waals surface area (Å²) < 4.78 is 23.1. The molecule has 2 saturated heterocycles. The molecule has 2 aliphatic rings. The maximum Gasteiger partial charge on any atom is 0.270 e. The fraction of sp³-hybridized carbons (Fsp3) is 0.630. The van der Waals surface area contributed by atoms with E-state index in [2.05, 4.69) is 24.1 Å². The standard InChI is InChI=1S/C27H39N3O5/c1-19(2)30-12-5-8-20(17-30)28-27(31)23-16-25(34-15-7-13-32-3)22-10-4-11-24(26(22)29-23)35-18-21-9-6-14-33-21/h4,10-11,16,19-21H,5-9,12-15,17-18H2,1-3H3,(H,28,31)/t20-,21+/m1/s1. The second-order valence-corrected chi connectivity index (χ2v) is 9.70. The van der Waals surface area contributed by atoms with Gasteiger partial charge in [0.05, 0.1) is 12.7 Å². The Labute approximate surface area is 208 Å². The van der Waals surface area contributed by atoms with E-state index in [0.717, 1.165) is 57.2 Å². The van der Waals surface area contributed by atoms with Gasteiger partial charge in [-0.3, -0.25) is 9.69 Å². The van der Waals surface area contributed by atoms with E-state index < -0.39 is 0 Å². The summed E-state index contributed by atoms with van der Waals surface area (Å²) in [6.45, 7) is 8.66. The summed E-state index contributed by atoms with van der Waals surface area (Å²) in [5.74, 6) is 1.09. The third kappa shape index (κ3) is 6.84. The highest BCUT2D eigenvalue weighted by atomic mass is 16.5. The Balaban J connectivity index is 1.57. The van der Waals surface area contributed by atoms with Gasteiger partial charge in [0.15, 0.2) is 0 Å². The quantitative estimate of drug-likeness (QED) is 0.485. The van der Waals surface area contributed by atoms with Crippen LogP contribution in [0.15, 0.2) is 24.3 Å². The molecule has 2 aliphatic heterocycles. The zero-order valence-electron chi connectivity index (χ0n) is 21.3. The Hall–Kier alpha value is -2.42. The Kier molecular flexibility index (Phi) is 9.18. The molecule has 8 heteroatoms. The van der Waals surface area contributed by atoms with Crippen LogP contribution in [0.4, 0.5) is 0 Å². The zero-order chi connectivity index (χ0) is 24.6. The van der Waals surface area contributed by atoms with Crippen molar-refractivity contribution in [3.8, 4) is 11.5 Å². The van der Waals surface area contributed by atoms with Crippen LogP contribution in [-0.4, -0.2) is 80.6 Å². The molecule has 192 valence electrons. The Morgan fingerprint density at radius 3 is 2.86 bits per heavy atom. The van der Waals surface area contributed by atoms with Crippen LogP contribution in [0.25, 0.3) is 10.9 Å². The highest BCUT2D eigenvalue weighted by Crippen LogP contribution is 2.32. The van der Waals surface area contributed by atoms with Crippen LogP contribution in [0.1, 0.15) is 56.4 Å². The first-order valence-electron chi connectivity index (χ1n) is 12.9. The molecule has 0 radical (unpaired) electrons. The summed E-state index contributed by atoms with van der Waals surface area (Å²) in [6, 6.07) is 8.09. The van der Waals surface area contributed by atoms with Gasteiger partial charge < -0.3 is 24.3 Å². The first-order chi connectivity index (χ1) is 17.0. The lowest BCUT2D eigenvalue weighted by molar-refractivity contribution is 0.0684. The van der Waals surface area contributed by atoms with Crippen molar-refractivity contribution in [1.82, 2.24) is 15.2 Å². The lowest BCUT2D eigenvalue weighted by Crippen LogP contribution is -2.49. The number of aromatic nitrogens is 1. The second-order valence-electron chi connectivity index (χ2n) is 9.70. The fourth-order valence-corrected chi connectivity index (χ4v) is 4.74. The van der Waals surface area contributed by atoms with Crippen LogP contribution in [0.5, 0.6) is 11.5 Å². The van der Waals surface area contributed by atoms with Crippen LogP contribution >= 0.6 is 0 Å². The van der Waals surface area contributed by atoms with Gasteiger partial charge in [-0.1, -0.05) is 6.07 Å². The van der Waals surface area contributed by atoms with Crippen LogP contribution < -0.4 is 14.8 Å². The lowest BCUT2D eigenvalue weighted by Gasteiger charge is -2.35. The molecule has 0 unspecified atom stereocenters. The largest absolute Gasteiger partial charge is 0.493 e. The SMILES string of the molecule is COCCCOc1cc(C(=O)N[C@@H]2CCCN(C(C)C)C2)nc2c(OC[C@@H]3CCCO3)cccc12. The minimum Gasteiger partial charge on any atom is -0.493 e. The number of piperidine rings is 1. The molecule has 2 fully saturated rings. The van der Waals surface area contributed by atoms with Crippen LogP contribution in [0.2, 0.25) is 0 Å². The zero-order valence-corrected chi connectivity index (χ0v) is 21.3. The van der Waals surface area contributed by atoms with Gasteiger partial charge in [0.25, 0.3) is 5.91 Å². The number of likely N-dealkylation sites (tertiary alicyclic amines) is 1. The number of methoxy groups -OCH3 is 1. The summed E-state index contributed by atoms with van der Waals surface area (Å²) in [7, 11) is 1.67. The molecule has 0 aliphatic carbocycles. The number of rotatable bonds is 11. The number of ether oxygens (including phenoxy) is 4. The van der Waals surface area contributed by atoms with Crippen molar-refractivity contribution in [3.63, 3.8) is 0 Å². The summed E-state index contributed by atoms with van der Waals surface area (Å²) in [6.07, 6.45) is 4.94. The van der Waals surface area contributed by atoms with Gasteiger partial charge in [0.2, 0.25) is 0 Å². The van der Waals surface area contributed by atoms with Crippen molar-refractivity contribution in [2.24, 2.45) is 0 Å². The third-order valence-electron chi connectivity index (χ3n) is 6.71. The Morgan fingerprint density at radius 2 is 2.09 bits per heavy atom. The van der Waals surface area contributed by atoms with Crippen molar-refractivity contribution in [2.75, 3.05) is 46.6 Å². The van der Waals surface area contributed by atoms with Gasteiger partial charge in [-0.05, 0) is 58.2 Å². The van der Waals surface area contributed by atoms with E-state index in [9.17, 15) is 4.79 Å². The van der Waals surface area contributed by atoms with E-state index >= 15 is 0 Å². The Bertz CT molecular complexity index is 977. The molecular weight excluding hydrogens is 446 g/mol. The number of para-hydroxylation sites is 1.